The summed E-state index contributed by atoms with van der Waals surface area (Å²) in [6.07, 6.45) is 1.77. The molecule has 0 amide bonds. The van der Waals surface area contributed by atoms with Gasteiger partial charge in [0, 0.05) is 0 Å². The largest absolute Gasteiger partial charge is 0.395 e. The minimum absolute atomic E-state index is 0.173. The Morgan fingerprint density at radius 3 is 2.45 bits per heavy atom. The molecule has 0 aliphatic carbocycles. The Balaban J connectivity index is 2.82. The molecule has 2 nitrogen and oxygen atoms in total. The van der Waals surface area contributed by atoms with E-state index in [0.717, 1.165) is 5.56 Å². The molecule has 1 aromatic rings. The summed E-state index contributed by atoms with van der Waals surface area (Å²) in [4.78, 5) is 10.3. The molecule has 0 heterocycles. The first-order valence-electron chi connectivity index (χ1n) is 3.42. The molecule has 0 spiro atoms. The van der Waals surface area contributed by atoms with E-state index in [0.29, 0.717) is 0 Å². The van der Waals surface area contributed by atoms with Crippen LogP contribution >= 0.6 is 0 Å². The predicted octanol–water partition coefficient (Wildman–Crippen LogP) is 0.872. The van der Waals surface area contributed by atoms with Gasteiger partial charge in [-0.15, -0.1) is 0 Å². The molecule has 0 aromatic heterocycles. The molecule has 11 heavy (non-hydrogen) atoms. The van der Waals surface area contributed by atoms with Gasteiger partial charge in [0.05, 0.1) is 12.5 Å². The molecule has 0 aliphatic rings. The highest BCUT2D eigenvalue weighted by molar-refractivity contribution is 5.62. The summed E-state index contributed by atoms with van der Waals surface area (Å²) in [6.45, 7) is -0.173. The highest BCUT2D eigenvalue weighted by Crippen LogP contribution is 2.10. The third-order valence-corrected chi connectivity index (χ3v) is 1.53. The van der Waals surface area contributed by atoms with Crippen molar-refractivity contribution in [1.29, 1.82) is 0 Å². The Labute approximate surface area is 65.5 Å². The second kappa shape index (κ2) is 3.88. The van der Waals surface area contributed by atoms with E-state index in [4.69, 9.17) is 5.11 Å². The molecule has 0 bridgehead atoms. The van der Waals surface area contributed by atoms with E-state index in [2.05, 4.69) is 0 Å². The van der Waals surface area contributed by atoms with E-state index >= 15 is 0 Å². The maximum Gasteiger partial charge on any atom is 0.208 e. The lowest BCUT2D eigenvalue weighted by molar-refractivity contribution is 0.286. The van der Waals surface area contributed by atoms with Gasteiger partial charge in [-0.05, 0) is 5.56 Å². The highest BCUT2D eigenvalue weighted by atomic mass is 16.3. The molecule has 1 unspecified atom stereocenters. The summed E-state index contributed by atoms with van der Waals surface area (Å²) in [6, 6.07) is 9.12. The highest BCUT2D eigenvalue weighted by Gasteiger charge is 2.07. The van der Waals surface area contributed by atoms with Crippen molar-refractivity contribution in [2.75, 3.05) is 6.61 Å². The molecular weight excluding hydrogens is 140 g/mol. The van der Waals surface area contributed by atoms with Crippen molar-refractivity contribution in [1.82, 2.24) is 0 Å². The SMILES string of the molecule is O=[C]C(CO)c1ccccc1. The third kappa shape index (κ3) is 1.88. The Bertz CT molecular complexity index is 218. The van der Waals surface area contributed by atoms with Crippen molar-refractivity contribution in [3.63, 3.8) is 0 Å². The van der Waals surface area contributed by atoms with E-state index in [-0.39, 0.29) is 6.61 Å². The van der Waals surface area contributed by atoms with Crippen molar-refractivity contribution in [3.05, 3.63) is 35.9 Å². The molecule has 0 aliphatic heterocycles. The van der Waals surface area contributed by atoms with Gasteiger partial charge >= 0.3 is 0 Å². The fourth-order valence-corrected chi connectivity index (χ4v) is 0.896. The van der Waals surface area contributed by atoms with Crippen LogP contribution in [0.25, 0.3) is 0 Å². The second-order valence-corrected chi connectivity index (χ2v) is 2.26. The second-order valence-electron chi connectivity index (χ2n) is 2.26. The van der Waals surface area contributed by atoms with Crippen molar-refractivity contribution in [2.24, 2.45) is 0 Å². The first-order chi connectivity index (χ1) is 5.38. The van der Waals surface area contributed by atoms with Crippen LogP contribution in [0.3, 0.4) is 0 Å². The number of hydrogen-bond acceptors (Lipinski definition) is 2. The first-order valence-corrected chi connectivity index (χ1v) is 3.42. The molecule has 0 saturated carbocycles. The lowest BCUT2D eigenvalue weighted by atomic mass is 10.0. The van der Waals surface area contributed by atoms with Crippen LogP contribution in [0.5, 0.6) is 0 Å². The van der Waals surface area contributed by atoms with Crippen LogP contribution in [0.1, 0.15) is 11.5 Å². The van der Waals surface area contributed by atoms with Crippen LogP contribution in [-0.4, -0.2) is 18.0 Å². The number of rotatable bonds is 3. The molecule has 0 fully saturated rings. The van der Waals surface area contributed by atoms with E-state index in [1.807, 2.05) is 18.2 Å². The first kappa shape index (κ1) is 7.95. The lowest BCUT2D eigenvalue weighted by Gasteiger charge is -2.03. The molecule has 1 atom stereocenters. The van der Waals surface area contributed by atoms with Crippen molar-refractivity contribution < 1.29 is 9.90 Å². The molecule has 0 saturated heterocycles. The number of aliphatic hydroxyl groups is 1. The minimum atomic E-state index is -0.490. The van der Waals surface area contributed by atoms with Gasteiger partial charge in [0.1, 0.15) is 0 Å². The van der Waals surface area contributed by atoms with Crippen molar-refractivity contribution >= 4 is 6.29 Å². The van der Waals surface area contributed by atoms with Crippen LogP contribution in [0.2, 0.25) is 0 Å². The fourth-order valence-electron chi connectivity index (χ4n) is 0.896. The number of carbonyl (C=O) groups excluding carboxylic acids is 1. The lowest BCUT2D eigenvalue weighted by Crippen LogP contribution is -2.04. The van der Waals surface area contributed by atoms with Gasteiger partial charge in [0.25, 0.3) is 0 Å². The summed E-state index contributed by atoms with van der Waals surface area (Å²) in [5.74, 6) is -0.490. The molecule has 1 N–H and O–H groups in total. The smallest absolute Gasteiger partial charge is 0.208 e. The monoisotopic (exact) mass is 149 g/mol. The Hall–Kier alpha value is -1.15. The van der Waals surface area contributed by atoms with E-state index in [1.165, 1.54) is 0 Å². The molecule has 1 radical (unpaired) electrons. The maximum atomic E-state index is 10.3. The summed E-state index contributed by atoms with van der Waals surface area (Å²) >= 11 is 0. The van der Waals surface area contributed by atoms with Gasteiger partial charge < -0.3 is 5.11 Å². The molecule has 2 heteroatoms. The van der Waals surface area contributed by atoms with Gasteiger partial charge in [0.15, 0.2) is 0 Å². The van der Waals surface area contributed by atoms with Crippen LogP contribution in [0.15, 0.2) is 30.3 Å². The zero-order chi connectivity index (χ0) is 8.10. The van der Waals surface area contributed by atoms with Gasteiger partial charge in [-0.2, -0.15) is 0 Å². The predicted molar refractivity (Wildman–Crippen MR) is 42.0 cm³/mol. The summed E-state index contributed by atoms with van der Waals surface area (Å²) in [5.41, 5.74) is 0.810. The van der Waals surface area contributed by atoms with Crippen molar-refractivity contribution in [3.8, 4) is 0 Å². The zero-order valence-corrected chi connectivity index (χ0v) is 6.03. The molecule has 57 valence electrons. The van der Waals surface area contributed by atoms with E-state index in [1.54, 1.807) is 18.4 Å². The maximum absolute atomic E-state index is 10.3. The number of benzene rings is 1. The van der Waals surface area contributed by atoms with Gasteiger partial charge in [-0.1, -0.05) is 30.3 Å². The number of hydrogen-bond donors (Lipinski definition) is 1. The Morgan fingerprint density at radius 1 is 1.36 bits per heavy atom. The third-order valence-electron chi connectivity index (χ3n) is 1.53. The van der Waals surface area contributed by atoms with E-state index < -0.39 is 5.92 Å². The summed E-state index contributed by atoms with van der Waals surface area (Å²) in [5, 5.41) is 8.72. The molecular formula is C9H9O2. The summed E-state index contributed by atoms with van der Waals surface area (Å²) < 4.78 is 0. The Morgan fingerprint density at radius 2 is 2.00 bits per heavy atom. The standard InChI is InChI=1S/C9H9O2/c10-6-9(7-11)8-4-2-1-3-5-8/h1-5,9-10H,6H2. The van der Waals surface area contributed by atoms with Crippen LogP contribution in [0.4, 0.5) is 0 Å². The van der Waals surface area contributed by atoms with Crippen LogP contribution in [0, 0.1) is 0 Å². The van der Waals surface area contributed by atoms with Crippen LogP contribution < -0.4 is 0 Å². The molecule has 1 rings (SSSR count). The average molecular weight is 149 g/mol. The topological polar surface area (TPSA) is 37.3 Å². The number of aliphatic hydroxyl groups excluding tert-OH is 1. The van der Waals surface area contributed by atoms with Gasteiger partial charge in [-0.25, -0.2) is 0 Å². The van der Waals surface area contributed by atoms with Crippen LogP contribution in [-0.2, 0) is 4.79 Å². The van der Waals surface area contributed by atoms with Gasteiger partial charge in [-0.3, -0.25) is 4.79 Å². The Kier molecular flexibility index (Phi) is 2.81. The van der Waals surface area contributed by atoms with E-state index in [9.17, 15) is 4.79 Å². The quantitative estimate of drug-likeness (QED) is 0.692. The molecule has 1 aromatic carbocycles. The minimum Gasteiger partial charge on any atom is -0.395 e. The normalized spacial score (nSPS) is 12.5. The average Bonchev–Trinajstić information content (AvgIpc) is 2.09. The fraction of sp³-hybridized carbons (Fsp3) is 0.222. The van der Waals surface area contributed by atoms with Crippen molar-refractivity contribution in [2.45, 2.75) is 5.92 Å². The zero-order valence-electron chi connectivity index (χ0n) is 6.03. The summed E-state index contributed by atoms with van der Waals surface area (Å²) in [7, 11) is 0. The van der Waals surface area contributed by atoms with Gasteiger partial charge in [0.2, 0.25) is 6.29 Å².